The van der Waals surface area contributed by atoms with Crippen LogP contribution in [0.2, 0.25) is 0 Å². The second-order valence-corrected chi connectivity index (χ2v) is 10.5. The Bertz CT molecular complexity index is 1920. The average molecular weight is 578 g/mol. The summed E-state index contributed by atoms with van der Waals surface area (Å²) in [5.74, 6) is 0.947. The number of nitrogens with zero attached hydrogens (tertiary/aromatic N) is 2. The lowest BCUT2D eigenvalue weighted by molar-refractivity contribution is 1.11. The summed E-state index contributed by atoms with van der Waals surface area (Å²) in [4.78, 5) is 5.38. The second kappa shape index (κ2) is 8.04. The third kappa shape index (κ3) is 3.24. The van der Waals surface area contributed by atoms with E-state index in [1.54, 1.807) is 0 Å². The lowest BCUT2D eigenvalue weighted by atomic mass is 10.00. The monoisotopic (exact) mass is 576 g/mol. The van der Waals surface area contributed by atoms with Gasteiger partial charge >= 0.3 is 0 Å². The van der Waals surface area contributed by atoms with Crippen LogP contribution in [-0.2, 0) is 0 Å². The Morgan fingerprint density at radius 1 is 0.543 bits per heavy atom. The number of para-hydroxylation sites is 1. The van der Waals surface area contributed by atoms with Crippen LogP contribution in [0.1, 0.15) is 0 Å². The van der Waals surface area contributed by atoms with Crippen LogP contribution in [0.15, 0.2) is 118 Å². The van der Waals surface area contributed by atoms with Crippen molar-refractivity contribution in [3.63, 3.8) is 0 Å². The number of imidazole rings is 1. The Balaban J connectivity index is 1.75. The molecule has 0 aliphatic heterocycles. The molecule has 0 atom stereocenters. The maximum Gasteiger partial charge on any atom is 0.146 e. The fourth-order valence-electron chi connectivity index (χ4n) is 5.18. The van der Waals surface area contributed by atoms with Crippen molar-refractivity contribution >= 4 is 75.2 Å². The van der Waals surface area contributed by atoms with E-state index in [0.29, 0.717) is 0 Å². The lowest BCUT2D eigenvalue weighted by Gasteiger charge is -2.13. The largest absolute Gasteiger partial charge is 0.292 e. The first-order valence-electron chi connectivity index (χ1n) is 11.5. The summed E-state index contributed by atoms with van der Waals surface area (Å²) in [6.07, 6.45) is 0. The molecule has 0 N–H and O–H groups in total. The van der Waals surface area contributed by atoms with Gasteiger partial charge in [0, 0.05) is 31.0 Å². The zero-order valence-electron chi connectivity index (χ0n) is 18.5. The van der Waals surface area contributed by atoms with E-state index in [1.165, 1.54) is 26.9 Å². The topological polar surface area (TPSA) is 17.8 Å². The molecule has 6 aromatic carbocycles. The Morgan fingerprint density at radius 3 is 2.00 bits per heavy atom. The van der Waals surface area contributed by atoms with Crippen LogP contribution in [0.4, 0.5) is 0 Å². The first-order chi connectivity index (χ1) is 17.2. The van der Waals surface area contributed by atoms with Crippen molar-refractivity contribution in [1.29, 1.82) is 0 Å². The van der Waals surface area contributed by atoms with E-state index < -0.39 is 0 Å². The molecule has 166 valence electrons. The van der Waals surface area contributed by atoms with Crippen LogP contribution in [0, 0.1) is 0 Å². The quantitative estimate of drug-likeness (QED) is 0.187. The molecule has 0 saturated heterocycles. The molecular weight excluding hydrogens is 560 g/mol. The Morgan fingerprint density at radius 2 is 1.20 bits per heavy atom. The minimum absolute atomic E-state index is 0.947. The summed E-state index contributed by atoms with van der Waals surface area (Å²) < 4.78 is 4.45. The number of hydrogen-bond acceptors (Lipinski definition) is 1. The maximum atomic E-state index is 5.38. The highest BCUT2D eigenvalue weighted by molar-refractivity contribution is 9.10. The fraction of sp³-hybridized carbons (Fsp3) is 0. The highest BCUT2D eigenvalue weighted by Crippen LogP contribution is 2.41. The minimum atomic E-state index is 0.947. The molecular formula is C31H18Br2N2. The SMILES string of the molecule is Brc1ccc2c(c1)c1cc(Br)ccc1c1c2nc(-c2cccc3ccccc23)n1-c1ccccc1. The van der Waals surface area contributed by atoms with Gasteiger partial charge in [-0.2, -0.15) is 0 Å². The number of rotatable bonds is 2. The first kappa shape index (κ1) is 20.9. The maximum absolute atomic E-state index is 5.38. The Kier molecular flexibility index (Phi) is 4.80. The number of benzene rings is 6. The molecule has 7 aromatic rings. The molecule has 0 bridgehead atoms. The second-order valence-electron chi connectivity index (χ2n) is 8.71. The Hall–Kier alpha value is -3.47. The number of aromatic nitrogens is 2. The van der Waals surface area contributed by atoms with Crippen molar-refractivity contribution in [2.45, 2.75) is 0 Å². The first-order valence-corrected chi connectivity index (χ1v) is 13.0. The highest BCUT2D eigenvalue weighted by Gasteiger charge is 2.21. The molecule has 1 heterocycles. The van der Waals surface area contributed by atoms with Gasteiger partial charge in [-0.05, 0) is 57.9 Å². The molecule has 2 nitrogen and oxygen atoms in total. The normalized spacial score (nSPS) is 11.7. The smallest absolute Gasteiger partial charge is 0.146 e. The van der Waals surface area contributed by atoms with Crippen molar-refractivity contribution < 1.29 is 0 Å². The molecule has 0 amide bonds. The van der Waals surface area contributed by atoms with Crippen molar-refractivity contribution in [2.75, 3.05) is 0 Å². The van der Waals surface area contributed by atoms with Gasteiger partial charge in [-0.3, -0.25) is 4.57 Å². The van der Waals surface area contributed by atoms with E-state index in [2.05, 4.69) is 146 Å². The summed E-state index contributed by atoms with van der Waals surface area (Å²) in [6.45, 7) is 0. The van der Waals surface area contributed by atoms with Crippen molar-refractivity contribution in [2.24, 2.45) is 0 Å². The fourth-order valence-corrected chi connectivity index (χ4v) is 5.90. The predicted octanol–water partition coefficient (Wildman–Crippen LogP) is 9.68. The van der Waals surface area contributed by atoms with Gasteiger partial charge in [0.25, 0.3) is 0 Å². The van der Waals surface area contributed by atoms with Gasteiger partial charge in [-0.25, -0.2) is 4.98 Å². The third-order valence-electron chi connectivity index (χ3n) is 6.69. The van der Waals surface area contributed by atoms with Crippen LogP contribution in [0.5, 0.6) is 0 Å². The molecule has 7 rings (SSSR count). The summed E-state index contributed by atoms with van der Waals surface area (Å²) in [6, 6.07) is 38.6. The van der Waals surface area contributed by atoms with Gasteiger partial charge in [0.05, 0.1) is 11.0 Å². The van der Waals surface area contributed by atoms with Crippen molar-refractivity contribution in [3.05, 3.63) is 118 Å². The van der Waals surface area contributed by atoms with E-state index in [9.17, 15) is 0 Å². The summed E-state index contributed by atoms with van der Waals surface area (Å²) in [5.41, 5.74) is 4.35. The molecule has 0 aliphatic rings. The zero-order valence-corrected chi connectivity index (χ0v) is 21.7. The van der Waals surface area contributed by atoms with E-state index in [0.717, 1.165) is 42.4 Å². The summed E-state index contributed by atoms with van der Waals surface area (Å²) in [7, 11) is 0. The third-order valence-corrected chi connectivity index (χ3v) is 7.67. The zero-order chi connectivity index (χ0) is 23.5. The molecule has 4 heteroatoms. The van der Waals surface area contributed by atoms with Crippen LogP contribution in [-0.4, -0.2) is 9.55 Å². The summed E-state index contributed by atoms with van der Waals surface area (Å²) in [5, 5.41) is 7.11. The van der Waals surface area contributed by atoms with E-state index in [4.69, 9.17) is 4.98 Å². The molecule has 0 aliphatic carbocycles. The molecule has 0 unspecified atom stereocenters. The van der Waals surface area contributed by atoms with Crippen molar-refractivity contribution in [1.82, 2.24) is 9.55 Å². The van der Waals surface area contributed by atoms with Gasteiger partial charge in [-0.1, -0.05) is 105 Å². The summed E-state index contributed by atoms with van der Waals surface area (Å²) >= 11 is 7.38. The number of halogens is 2. The van der Waals surface area contributed by atoms with Crippen LogP contribution >= 0.6 is 31.9 Å². The van der Waals surface area contributed by atoms with Gasteiger partial charge in [0.15, 0.2) is 0 Å². The van der Waals surface area contributed by atoms with Gasteiger partial charge in [-0.15, -0.1) is 0 Å². The van der Waals surface area contributed by atoms with E-state index in [1.807, 2.05) is 0 Å². The van der Waals surface area contributed by atoms with Gasteiger partial charge in [0.2, 0.25) is 0 Å². The predicted molar refractivity (Wildman–Crippen MR) is 154 cm³/mol. The average Bonchev–Trinajstić information content (AvgIpc) is 3.29. The van der Waals surface area contributed by atoms with E-state index in [-0.39, 0.29) is 0 Å². The minimum Gasteiger partial charge on any atom is -0.292 e. The molecule has 0 saturated carbocycles. The number of fused-ring (bicyclic) bond motifs is 7. The van der Waals surface area contributed by atoms with Crippen LogP contribution in [0.25, 0.3) is 60.4 Å². The molecule has 1 aromatic heterocycles. The van der Waals surface area contributed by atoms with Crippen molar-refractivity contribution in [3.8, 4) is 17.1 Å². The van der Waals surface area contributed by atoms with Crippen LogP contribution in [0.3, 0.4) is 0 Å². The molecule has 35 heavy (non-hydrogen) atoms. The highest BCUT2D eigenvalue weighted by atomic mass is 79.9. The van der Waals surface area contributed by atoms with Crippen LogP contribution < -0.4 is 0 Å². The molecule has 0 radical (unpaired) electrons. The lowest BCUT2D eigenvalue weighted by Crippen LogP contribution is -1.98. The van der Waals surface area contributed by atoms with Gasteiger partial charge in [0.1, 0.15) is 5.82 Å². The Labute approximate surface area is 219 Å². The van der Waals surface area contributed by atoms with E-state index >= 15 is 0 Å². The van der Waals surface area contributed by atoms with Gasteiger partial charge < -0.3 is 0 Å². The number of hydrogen-bond donors (Lipinski definition) is 0. The molecule has 0 fully saturated rings. The molecule has 0 spiro atoms. The standard InChI is InChI=1S/C31H18Br2N2/c32-20-13-15-24-27(17-20)28-18-21(33)14-16-25(28)30-29(24)34-31(35(30)22-9-2-1-3-10-22)26-12-6-8-19-7-4-5-11-23(19)26/h1-18H.